The van der Waals surface area contributed by atoms with Gasteiger partial charge in [0.1, 0.15) is 0 Å². The molecule has 1 aromatic carbocycles. The van der Waals surface area contributed by atoms with Gasteiger partial charge in [0.2, 0.25) is 0 Å². The van der Waals surface area contributed by atoms with E-state index in [0.717, 1.165) is 17.6 Å². The minimum absolute atomic E-state index is 0.597. The molecular weight excluding hydrogens is 318 g/mol. The van der Waals surface area contributed by atoms with Crippen molar-refractivity contribution >= 4 is 27.3 Å². The summed E-state index contributed by atoms with van der Waals surface area (Å²) in [4.78, 5) is 2.97. The van der Waals surface area contributed by atoms with Gasteiger partial charge in [-0.15, -0.1) is 11.3 Å². The van der Waals surface area contributed by atoms with Crippen molar-refractivity contribution in [2.45, 2.75) is 25.2 Å². The molecule has 0 aliphatic carbocycles. The lowest BCUT2D eigenvalue weighted by molar-refractivity contribution is 0.408. The Morgan fingerprint density at radius 3 is 2.58 bits per heavy atom. The first-order valence-corrected chi connectivity index (χ1v) is 8.37. The first-order chi connectivity index (χ1) is 9.24. The van der Waals surface area contributed by atoms with Crippen LogP contribution in [0.3, 0.4) is 0 Å². The fourth-order valence-corrected chi connectivity index (χ4v) is 4.25. The molecule has 0 bridgehead atoms. The molecule has 1 aromatic heterocycles. The van der Waals surface area contributed by atoms with Crippen LogP contribution in [-0.4, -0.2) is 13.1 Å². The van der Waals surface area contributed by atoms with Crippen molar-refractivity contribution in [2.24, 2.45) is 0 Å². The average Bonchev–Trinajstić information content (AvgIpc) is 2.86. The Hall–Kier alpha value is -0.640. The molecule has 2 unspecified atom stereocenters. The lowest BCUT2D eigenvalue weighted by Crippen LogP contribution is -2.33. The first kappa shape index (κ1) is 13.3. The molecule has 2 atom stereocenters. The molecule has 19 heavy (non-hydrogen) atoms. The van der Waals surface area contributed by atoms with Crippen LogP contribution in [0.25, 0.3) is 0 Å². The van der Waals surface area contributed by atoms with Crippen molar-refractivity contribution in [1.29, 1.82) is 0 Å². The van der Waals surface area contributed by atoms with E-state index in [0.29, 0.717) is 11.8 Å². The summed E-state index contributed by atoms with van der Waals surface area (Å²) in [6.07, 6.45) is 1.24. The zero-order valence-corrected chi connectivity index (χ0v) is 13.4. The second-order valence-corrected chi connectivity index (χ2v) is 7.44. The van der Waals surface area contributed by atoms with E-state index in [-0.39, 0.29) is 0 Å². The Morgan fingerprint density at radius 1 is 1.11 bits per heavy atom. The van der Waals surface area contributed by atoms with E-state index >= 15 is 0 Å². The van der Waals surface area contributed by atoms with Crippen LogP contribution in [-0.2, 0) is 0 Å². The van der Waals surface area contributed by atoms with Crippen molar-refractivity contribution in [3.63, 3.8) is 0 Å². The molecule has 3 rings (SSSR count). The van der Waals surface area contributed by atoms with Crippen molar-refractivity contribution in [2.75, 3.05) is 13.1 Å². The molecule has 1 fully saturated rings. The summed E-state index contributed by atoms with van der Waals surface area (Å²) in [7, 11) is 0. The summed E-state index contributed by atoms with van der Waals surface area (Å²) < 4.78 is 1.16. The average molecular weight is 336 g/mol. The number of piperidine rings is 1. The molecule has 1 aliphatic rings. The SMILES string of the molecule is Cc1ccc(C2CCNCC2c2ccc(Br)cc2)s1. The minimum atomic E-state index is 0.597. The molecule has 1 nitrogen and oxygen atoms in total. The molecule has 3 heteroatoms. The number of hydrogen-bond acceptors (Lipinski definition) is 2. The minimum Gasteiger partial charge on any atom is -0.316 e. The Morgan fingerprint density at radius 2 is 1.89 bits per heavy atom. The number of halogens is 1. The topological polar surface area (TPSA) is 12.0 Å². The van der Waals surface area contributed by atoms with Gasteiger partial charge in [-0.2, -0.15) is 0 Å². The first-order valence-electron chi connectivity index (χ1n) is 6.76. The molecule has 0 amide bonds. The van der Waals surface area contributed by atoms with Crippen LogP contribution < -0.4 is 5.32 Å². The number of thiophene rings is 1. The number of nitrogens with one attached hydrogen (secondary N) is 1. The molecule has 0 radical (unpaired) electrons. The molecule has 100 valence electrons. The van der Waals surface area contributed by atoms with E-state index in [1.165, 1.54) is 16.9 Å². The van der Waals surface area contributed by atoms with Crippen molar-refractivity contribution < 1.29 is 0 Å². The molecule has 0 saturated carbocycles. The summed E-state index contributed by atoms with van der Waals surface area (Å²) in [6, 6.07) is 13.4. The number of benzene rings is 1. The van der Waals surface area contributed by atoms with Crippen molar-refractivity contribution in [3.8, 4) is 0 Å². The second-order valence-electron chi connectivity index (χ2n) is 5.21. The van der Waals surface area contributed by atoms with Gasteiger partial charge in [0, 0.05) is 32.6 Å². The van der Waals surface area contributed by atoms with Gasteiger partial charge in [-0.1, -0.05) is 28.1 Å². The van der Waals surface area contributed by atoms with Crippen LogP contribution in [0.2, 0.25) is 0 Å². The van der Waals surface area contributed by atoms with Crippen molar-refractivity contribution in [3.05, 3.63) is 56.2 Å². The van der Waals surface area contributed by atoms with Gasteiger partial charge in [0.05, 0.1) is 0 Å². The number of rotatable bonds is 2. The molecule has 2 heterocycles. The van der Waals surface area contributed by atoms with Crippen LogP contribution in [0.5, 0.6) is 0 Å². The molecule has 2 aromatic rings. The quantitative estimate of drug-likeness (QED) is 0.840. The maximum absolute atomic E-state index is 3.55. The number of hydrogen-bond donors (Lipinski definition) is 1. The van der Waals surface area contributed by atoms with E-state index in [9.17, 15) is 0 Å². The number of aryl methyl sites for hydroxylation is 1. The van der Waals surface area contributed by atoms with Crippen molar-refractivity contribution in [1.82, 2.24) is 5.32 Å². The summed E-state index contributed by atoms with van der Waals surface area (Å²) in [5, 5.41) is 3.55. The lowest BCUT2D eigenvalue weighted by atomic mass is 9.80. The van der Waals surface area contributed by atoms with Gasteiger partial charge in [0.15, 0.2) is 0 Å². The summed E-state index contributed by atoms with van der Waals surface area (Å²) >= 11 is 5.48. The fourth-order valence-electron chi connectivity index (χ4n) is 2.91. The van der Waals surface area contributed by atoms with Gasteiger partial charge in [-0.05, 0) is 49.7 Å². The molecule has 1 aliphatic heterocycles. The maximum Gasteiger partial charge on any atom is 0.0175 e. The molecule has 0 spiro atoms. The Kier molecular flexibility index (Phi) is 4.06. The highest BCUT2D eigenvalue weighted by Gasteiger charge is 2.28. The van der Waals surface area contributed by atoms with Gasteiger partial charge in [-0.3, -0.25) is 0 Å². The zero-order valence-electron chi connectivity index (χ0n) is 11.0. The van der Waals surface area contributed by atoms with Crippen LogP contribution >= 0.6 is 27.3 Å². The third kappa shape index (κ3) is 2.93. The molecule has 1 saturated heterocycles. The normalized spacial score (nSPS) is 23.5. The highest BCUT2D eigenvalue weighted by Crippen LogP contribution is 2.40. The van der Waals surface area contributed by atoms with Gasteiger partial charge < -0.3 is 5.32 Å². The summed E-state index contributed by atoms with van der Waals surface area (Å²) in [6.45, 7) is 4.42. The van der Waals surface area contributed by atoms with Gasteiger partial charge in [-0.25, -0.2) is 0 Å². The highest BCUT2D eigenvalue weighted by atomic mass is 79.9. The van der Waals surface area contributed by atoms with Crippen LogP contribution in [0.1, 0.15) is 33.6 Å². The lowest BCUT2D eigenvalue weighted by Gasteiger charge is -2.32. The predicted octanol–water partition coefficient (Wildman–Crippen LogP) is 4.68. The third-order valence-corrected chi connectivity index (χ3v) is 5.57. The smallest absolute Gasteiger partial charge is 0.0175 e. The van der Waals surface area contributed by atoms with Crippen LogP contribution in [0, 0.1) is 6.92 Å². The Balaban J connectivity index is 1.90. The zero-order chi connectivity index (χ0) is 13.2. The Labute approximate surface area is 127 Å². The van der Waals surface area contributed by atoms with E-state index in [1.807, 2.05) is 11.3 Å². The molecular formula is C16H18BrNS. The van der Waals surface area contributed by atoms with Crippen LogP contribution in [0.15, 0.2) is 40.9 Å². The molecule has 1 N–H and O–H groups in total. The van der Waals surface area contributed by atoms with E-state index in [2.05, 4.69) is 64.6 Å². The van der Waals surface area contributed by atoms with E-state index in [4.69, 9.17) is 0 Å². The maximum atomic E-state index is 3.55. The van der Waals surface area contributed by atoms with E-state index < -0.39 is 0 Å². The second kappa shape index (κ2) is 5.78. The monoisotopic (exact) mass is 335 g/mol. The largest absolute Gasteiger partial charge is 0.316 e. The highest BCUT2D eigenvalue weighted by molar-refractivity contribution is 9.10. The van der Waals surface area contributed by atoms with Gasteiger partial charge >= 0.3 is 0 Å². The van der Waals surface area contributed by atoms with Gasteiger partial charge in [0.25, 0.3) is 0 Å². The van der Waals surface area contributed by atoms with Crippen LogP contribution in [0.4, 0.5) is 0 Å². The third-order valence-electron chi connectivity index (χ3n) is 3.91. The predicted molar refractivity (Wildman–Crippen MR) is 86.2 cm³/mol. The fraction of sp³-hybridized carbons (Fsp3) is 0.375. The standard InChI is InChI=1S/C16H18BrNS/c1-11-2-7-16(19-11)14-8-9-18-10-15(14)12-3-5-13(17)6-4-12/h2-7,14-15,18H,8-10H2,1H3. The Bertz CT molecular complexity index is 546. The van der Waals surface area contributed by atoms with E-state index in [1.54, 1.807) is 4.88 Å². The summed E-state index contributed by atoms with van der Waals surface area (Å²) in [5.41, 5.74) is 1.45. The summed E-state index contributed by atoms with van der Waals surface area (Å²) in [5.74, 6) is 1.26.